The van der Waals surface area contributed by atoms with Gasteiger partial charge in [0.1, 0.15) is 60.4 Å². The summed E-state index contributed by atoms with van der Waals surface area (Å²) in [6.07, 6.45) is 1.37. The van der Waals surface area contributed by atoms with Gasteiger partial charge in [-0.05, 0) is 89.4 Å². The number of hydrogen-bond acceptors (Lipinski definition) is 14. The van der Waals surface area contributed by atoms with Crippen molar-refractivity contribution in [3.63, 3.8) is 0 Å². The van der Waals surface area contributed by atoms with Crippen LogP contribution in [0.2, 0.25) is 0 Å². The minimum atomic E-state index is -1.66. The molecule has 1 fully saturated rings. The quantitative estimate of drug-likeness (QED) is 0.107. The van der Waals surface area contributed by atoms with Crippen LogP contribution in [0.15, 0.2) is 12.2 Å². The summed E-state index contributed by atoms with van der Waals surface area (Å²) in [4.78, 5) is 170. The Balaban J connectivity index is 4.43. The molecule has 1 saturated heterocycles. The Kier molecular flexibility index (Phi) is 33.6. The Morgan fingerprint density at radius 1 is 0.523 bits per heavy atom. The molecule has 1 rings (SSSR count). The number of aliphatic hydroxyl groups excluding tert-OH is 2. The van der Waals surface area contributed by atoms with Crippen molar-refractivity contribution in [2.24, 2.45) is 35.5 Å². The fourth-order valence-electron chi connectivity index (χ4n) is 11.1. The number of carbonyl (C=O) groups excluding carboxylic acids is 11. The maximum absolute atomic E-state index is 15.2. The predicted octanol–water partition coefficient (Wildman–Crippen LogP) is 2.01. The van der Waals surface area contributed by atoms with E-state index in [1.54, 1.807) is 67.5 Å². The smallest absolute Gasteiger partial charge is 0.246 e. The van der Waals surface area contributed by atoms with Crippen LogP contribution in [0, 0.1) is 35.5 Å². The number of aliphatic hydroxyl groups is 2. The second-order valence-corrected chi connectivity index (χ2v) is 25.9. The van der Waals surface area contributed by atoms with Gasteiger partial charge in [-0.3, -0.25) is 52.7 Å². The van der Waals surface area contributed by atoms with E-state index in [0.29, 0.717) is 6.42 Å². The van der Waals surface area contributed by atoms with Crippen LogP contribution >= 0.6 is 0 Å². The van der Waals surface area contributed by atoms with Gasteiger partial charge in [-0.15, -0.1) is 0 Å². The molecule has 0 spiro atoms. The average Bonchev–Trinajstić information content (AvgIpc) is 3.45. The van der Waals surface area contributed by atoms with Gasteiger partial charge in [-0.1, -0.05) is 102 Å². The van der Waals surface area contributed by atoms with Gasteiger partial charge in [0, 0.05) is 54.7 Å². The molecule has 6 N–H and O–H groups in total. The molecule has 0 aromatic rings. The van der Waals surface area contributed by atoms with Crippen LogP contribution in [0.5, 0.6) is 0 Å². The van der Waals surface area contributed by atoms with Gasteiger partial charge in [-0.2, -0.15) is 0 Å². The van der Waals surface area contributed by atoms with Crippen molar-refractivity contribution in [3.05, 3.63) is 12.2 Å². The summed E-state index contributed by atoms with van der Waals surface area (Å²) in [5.41, 5.74) is 0. The molecule has 0 radical (unpaired) electrons. The normalized spacial score (nSPS) is 26.7. The third kappa shape index (κ3) is 22.1. The van der Waals surface area contributed by atoms with Crippen LogP contribution < -0.4 is 21.3 Å². The molecule has 1 aliphatic heterocycles. The summed E-state index contributed by atoms with van der Waals surface area (Å²) in [5.74, 6) is -10.4. The van der Waals surface area contributed by atoms with Crippen LogP contribution in [-0.2, 0) is 57.5 Å². The summed E-state index contributed by atoms with van der Waals surface area (Å²) >= 11 is 0. The van der Waals surface area contributed by atoms with Gasteiger partial charge in [0.2, 0.25) is 65.0 Å². The highest BCUT2D eigenvalue weighted by atomic mass is 16.5. The van der Waals surface area contributed by atoms with Gasteiger partial charge in [0.05, 0.1) is 32.0 Å². The first-order valence-corrected chi connectivity index (χ1v) is 31.4. The number of allylic oxidation sites excluding steroid dienone is 1. The fraction of sp³-hybridized carbons (Fsp3) is 0.794. The van der Waals surface area contributed by atoms with Crippen molar-refractivity contribution in [2.45, 2.75) is 222 Å². The topological polar surface area (TPSA) is 308 Å². The van der Waals surface area contributed by atoms with Gasteiger partial charge >= 0.3 is 0 Å². The average molecular weight is 1250 g/mol. The number of ether oxygens (including phenoxy) is 1. The molecule has 0 saturated carbocycles. The lowest BCUT2D eigenvalue weighted by Crippen LogP contribution is -2.63. The van der Waals surface area contributed by atoms with Gasteiger partial charge in [-0.25, -0.2) is 0 Å². The minimum absolute atomic E-state index is 0.00711. The lowest BCUT2D eigenvalue weighted by Gasteiger charge is -2.41. The molecule has 88 heavy (non-hydrogen) atoms. The van der Waals surface area contributed by atoms with Crippen LogP contribution in [0.3, 0.4) is 0 Å². The summed E-state index contributed by atoms with van der Waals surface area (Å²) < 4.78 is 5.81. The highest BCUT2D eigenvalue weighted by Crippen LogP contribution is 2.25. The molecule has 25 nitrogen and oxygen atoms in total. The lowest BCUT2D eigenvalue weighted by atomic mass is 9.93. The second kappa shape index (κ2) is 37.1. The Labute approximate surface area is 525 Å². The van der Waals surface area contributed by atoms with Crippen molar-refractivity contribution in [2.75, 3.05) is 68.6 Å². The van der Waals surface area contributed by atoms with Gasteiger partial charge in [0.25, 0.3) is 0 Å². The van der Waals surface area contributed by atoms with Crippen molar-refractivity contribution < 1.29 is 67.7 Å². The minimum Gasteiger partial charge on any atom is -0.394 e. The molecule has 0 bridgehead atoms. The Hall–Kier alpha value is -6.21. The third-order valence-corrected chi connectivity index (χ3v) is 16.3. The van der Waals surface area contributed by atoms with Crippen LogP contribution in [-0.4, -0.2) is 251 Å². The number of nitrogens with one attached hydrogen (secondary N) is 4. The fourth-order valence-corrected chi connectivity index (χ4v) is 11.1. The Morgan fingerprint density at radius 3 is 1.45 bits per heavy atom. The number of hydrogen-bond donors (Lipinski definition) is 6. The SMILES string of the molecule is C/C=C/[C@@H](C)[C@@H](O)[C@H]1C(=O)N[C@@H](CC)C(=O)N(CCC)CC(=O)N(C)C([C@@H](C)OCCO)C(=O)N[C@@H](C(C)C)C(=O)N(C)[C@@H](CC(C)C)C(=O)N[C@@H](C)C(=O)N[C@H](C)C(=O)N(C)[C@@H](CC(C)C)C(=O)N(C)[C@@H](CC(C)C)C(=O)N(C)[C@@H](C(C)C)C(=O)N1C. The number of carbonyl (C=O) groups is 11. The molecule has 1 unspecified atom stereocenters. The zero-order valence-electron chi connectivity index (χ0n) is 57.3. The molecule has 1 heterocycles. The molecular formula is C63H113N11O14. The Bertz CT molecular complexity index is 2390. The predicted molar refractivity (Wildman–Crippen MR) is 336 cm³/mol. The van der Waals surface area contributed by atoms with E-state index < -0.39 is 169 Å². The van der Waals surface area contributed by atoms with E-state index in [0.717, 1.165) is 9.80 Å². The maximum atomic E-state index is 15.2. The van der Waals surface area contributed by atoms with E-state index in [1.807, 2.05) is 41.5 Å². The molecule has 11 amide bonds. The first-order chi connectivity index (χ1) is 40.8. The van der Waals surface area contributed by atoms with E-state index >= 15 is 9.59 Å². The maximum Gasteiger partial charge on any atom is 0.246 e. The van der Waals surface area contributed by atoms with Crippen molar-refractivity contribution in [3.8, 4) is 0 Å². The van der Waals surface area contributed by atoms with Crippen LogP contribution in [0.1, 0.15) is 150 Å². The molecular weight excluding hydrogens is 1130 g/mol. The van der Waals surface area contributed by atoms with Crippen molar-refractivity contribution >= 4 is 65.0 Å². The number of likely N-dealkylation sites (N-methyl/N-ethyl adjacent to an activating group) is 6. The summed E-state index contributed by atoms with van der Waals surface area (Å²) in [6.45, 7) is 27.8. The first kappa shape index (κ1) is 79.8. The van der Waals surface area contributed by atoms with E-state index in [1.165, 1.54) is 87.6 Å². The molecule has 1 aliphatic rings. The molecule has 0 aromatic heterocycles. The largest absolute Gasteiger partial charge is 0.394 e. The standard InChI is InChI=1S/C63H113N11O14/c1-24-27-40(14)53(77)52-57(81)66-44(26-3)59(83)74(28-25-2)34-48(76)71(21)51(43(17)88-30-29-75)56(80)67-49(38(10)11)62(86)68(18)45(31-35(4)5)55(79)64-41(15)54(78)65-42(16)58(82)69(19)46(32-36(6)7)60(84)70(20)47(33-37(8)9)61(85)72(22)50(39(12)13)63(87)73(52)23/h24,27,35-47,49-53,75,77H,25-26,28-34H2,1-23H3,(H,64,79)(H,65,78)(H,66,81)(H,67,80)/b27-24+/t40-,41+,42-,43-,44+,45+,46+,47+,49+,50+,51?,52+,53-/m1/s1. The molecule has 0 aromatic carbocycles. The highest BCUT2D eigenvalue weighted by molar-refractivity contribution is 5.99. The van der Waals surface area contributed by atoms with Gasteiger partial charge < -0.3 is 70.5 Å². The number of rotatable bonds is 18. The molecule has 504 valence electrons. The molecule has 25 heteroatoms. The van der Waals surface area contributed by atoms with E-state index in [-0.39, 0.29) is 56.6 Å². The zero-order valence-corrected chi connectivity index (χ0v) is 57.3. The summed E-state index contributed by atoms with van der Waals surface area (Å²) in [5, 5.41) is 32.7. The van der Waals surface area contributed by atoms with Gasteiger partial charge in [0.15, 0.2) is 0 Å². The van der Waals surface area contributed by atoms with Crippen LogP contribution in [0.25, 0.3) is 0 Å². The monoisotopic (exact) mass is 1250 g/mol. The third-order valence-electron chi connectivity index (χ3n) is 16.3. The highest BCUT2D eigenvalue weighted by Gasteiger charge is 2.46. The van der Waals surface area contributed by atoms with E-state index in [4.69, 9.17) is 4.74 Å². The Morgan fingerprint density at radius 2 is 0.989 bits per heavy atom. The molecule has 0 aliphatic carbocycles. The summed E-state index contributed by atoms with van der Waals surface area (Å²) in [7, 11) is 8.36. The van der Waals surface area contributed by atoms with Crippen LogP contribution in [0.4, 0.5) is 0 Å². The number of amides is 11. The summed E-state index contributed by atoms with van der Waals surface area (Å²) in [6, 6.07) is -13.1. The van der Waals surface area contributed by atoms with E-state index in [9.17, 15) is 53.4 Å². The number of nitrogens with zero attached hydrogens (tertiary/aromatic N) is 7. The lowest BCUT2D eigenvalue weighted by molar-refractivity contribution is -0.157. The van der Waals surface area contributed by atoms with Crippen molar-refractivity contribution in [1.82, 2.24) is 55.6 Å². The van der Waals surface area contributed by atoms with Crippen molar-refractivity contribution in [1.29, 1.82) is 0 Å². The van der Waals surface area contributed by atoms with E-state index in [2.05, 4.69) is 21.3 Å². The zero-order chi connectivity index (χ0) is 68.1. The second-order valence-electron chi connectivity index (χ2n) is 25.9. The first-order valence-electron chi connectivity index (χ1n) is 31.4. The molecule has 13 atom stereocenters.